The zero-order valence-corrected chi connectivity index (χ0v) is 14.6. The Kier molecular flexibility index (Phi) is 7.43. The second-order valence-electron chi connectivity index (χ2n) is 5.60. The Balaban J connectivity index is 1.85. The van der Waals surface area contributed by atoms with Crippen LogP contribution >= 0.6 is 0 Å². The Morgan fingerprint density at radius 1 is 0.875 bits per heavy atom. The van der Waals surface area contributed by atoms with Crippen LogP contribution in [0.25, 0.3) is 0 Å². The summed E-state index contributed by atoms with van der Waals surface area (Å²) in [5.74, 6) is 2.45. The molecule has 0 aliphatic carbocycles. The summed E-state index contributed by atoms with van der Waals surface area (Å²) in [6, 6.07) is 14.1. The fourth-order valence-corrected chi connectivity index (χ4v) is 2.51. The van der Waals surface area contributed by atoms with Gasteiger partial charge in [-0.1, -0.05) is 31.5 Å². The third-order valence-corrected chi connectivity index (χ3v) is 3.76. The molecule has 0 aliphatic rings. The molecule has 2 aromatic rings. The van der Waals surface area contributed by atoms with Crippen molar-refractivity contribution >= 4 is 0 Å². The molecule has 0 fully saturated rings. The zero-order chi connectivity index (χ0) is 17.2. The molecule has 2 aromatic carbocycles. The lowest BCUT2D eigenvalue weighted by molar-refractivity contribution is 0.215. The highest BCUT2D eigenvalue weighted by Gasteiger charge is 2.06. The maximum Gasteiger partial charge on any atom is 0.126 e. The van der Waals surface area contributed by atoms with E-state index in [2.05, 4.69) is 19.1 Å². The van der Waals surface area contributed by atoms with Crippen LogP contribution in [0.3, 0.4) is 0 Å². The minimum Gasteiger partial charge on any atom is -0.497 e. The second kappa shape index (κ2) is 9.83. The first-order chi connectivity index (χ1) is 11.8. The Bertz CT molecular complexity index is 611. The van der Waals surface area contributed by atoms with Crippen molar-refractivity contribution in [3.8, 4) is 17.2 Å². The normalized spacial score (nSPS) is 10.5. The smallest absolute Gasteiger partial charge is 0.126 e. The van der Waals surface area contributed by atoms with E-state index in [0.29, 0.717) is 19.8 Å². The summed E-state index contributed by atoms with van der Waals surface area (Å²) in [5, 5.41) is 0. The maximum atomic E-state index is 5.86. The first-order valence-electron chi connectivity index (χ1n) is 8.48. The van der Waals surface area contributed by atoms with E-state index in [9.17, 15) is 0 Å². The molecule has 0 spiro atoms. The summed E-state index contributed by atoms with van der Waals surface area (Å²) in [4.78, 5) is 0. The van der Waals surface area contributed by atoms with Crippen LogP contribution in [0.1, 0.15) is 24.5 Å². The first-order valence-corrected chi connectivity index (χ1v) is 8.48. The Hall–Kier alpha value is -2.20. The lowest BCUT2D eigenvalue weighted by Gasteiger charge is -2.13. The van der Waals surface area contributed by atoms with Gasteiger partial charge in [-0.05, 0) is 48.7 Å². The molecule has 0 saturated carbocycles. The van der Waals surface area contributed by atoms with Gasteiger partial charge in [0.15, 0.2) is 0 Å². The van der Waals surface area contributed by atoms with E-state index >= 15 is 0 Å². The molecule has 0 heterocycles. The third-order valence-electron chi connectivity index (χ3n) is 3.76. The lowest BCUT2D eigenvalue weighted by Crippen LogP contribution is -2.11. The number of aryl methyl sites for hydroxylation is 1. The van der Waals surface area contributed by atoms with Crippen LogP contribution in [0.5, 0.6) is 17.2 Å². The van der Waals surface area contributed by atoms with Crippen molar-refractivity contribution in [2.24, 2.45) is 5.73 Å². The molecule has 0 aliphatic heterocycles. The molecule has 0 radical (unpaired) electrons. The van der Waals surface area contributed by atoms with Gasteiger partial charge >= 0.3 is 0 Å². The van der Waals surface area contributed by atoms with Crippen LogP contribution in [0.4, 0.5) is 0 Å². The fraction of sp³-hybridized carbons (Fsp3) is 0.400. The highest BCUT2D eigenvalue weighted by molar-refractivity contribution is 5.41. The van der Waals surface area contributed by atoms with E-state index in [-0.39, 0.29) is 0 Å². The van der Waals surface area contributed by atoms with Crippen LogP contribution < -0.4 is 19.9 Å². The van der Waals surface area contributed by atoms with Gasteiger partial charge in [0.25, 0.3) is 0 Å². The van der Waals surface area contributed by atoms with Crippen molar-refractivity contribution < 1.29 is 14.2 Å². The van der Waals surface area contributed by atoms with E-state index < -0.39 is 0 Å². The van der Waals surface area contributed by atoms with Crippen LogP contribution in [0.2, 0.25) is 0 Å². The summed E-state index contributed by atoms with van der Waals surface area (Å²) in [6.45, 7) is 3.73. The van der Waals surface area contributed by atoms with Crippen molar-refractivity contribution in [2.45, 2.75) is 26.2 Å². The van der Waals surface area contributed by atoms with Crippen LogP contribution in [-0.4, -0.2) is 26.9 Å². The third kappa shape index (κ3) is 5.46. The minimum atomic E-state index is 0.474. The number of nitrogens with two attached hydrogens (primary N) is 1. The maximum absolute atomic E-state index is 5.86. The van der Waals surface area contributed by atoms with Crippen LogP contribution in [-0.2, 0) is 12.8 Å². The van der Waals surface area contributed by atoms with Gasteiger partial charge in [0.05, 0.1) is 7.11 Å². The predicted octanol–water partition coefficient (Wildman–Crippen LogP) is 3.61. The summed E-state index contributed by atoms with van der Waals surface area (Å²) >= 11 is 0. The van der Waals surface area contributed by atoms with Crippen LogP contribution in [0.15, 0.2) is 42.5 Å². The largest absolute Gasteiger partial charge is 0.497 e. The predicted molar refractivity (Wildman–Crippen MR) is 97.2 cm³/mol. The average Bonchev–Trinajstić information content (AvgIpc) is 2.61. The lowest BCUT2D eigenvalue weighted by atomic mass is 10.1. The SMILES string of the molecule is CCCc1ccc(OCCOc2cc(OC)ccc2CCN)cc1. The van der Waals surface area contributed by atoms with Gasteiger partial charge in [-0.15, -0.1) is 0 Å². The number of benzene rings is 2. The molecule has 24 heavy (non-hydrogen) atoms. The topological polar surface area (TPSA) is 53.7 Å². The highest BCUT2D eigenvalue weighted by Crippen LogP contribution is 2.25. The molecule has 2 rings (SSSR count). The zero-order valence-electron chi connectivity index (χ0n) is 14.6. The summed E-state index contributed by atoms with van der Waals surface area (Å²) in [7, 11) is 1.65. The minimum absolute atomic E-state index is 0.474. The average molecular weight is 329 g/mol. The molecule has 4 heteroatoms. The van der Waals surface area contributed by atoms with Gasteiger partial charge in [-0.25, -0.2) is 0 Å². The number of ether oxygens (including phenoxy) is 3. The Morgan fingerprint density at radius 3 is 2.25 bits per heavy atom. The number of hydrogen-bond acceptors (Lipinski definition) is 4. The van der Waals surface area contributed by atoms with Crippen molar-refractivity contribution in [1.82, 2.24) is 0 Å². The molecule has 0 unspecified atom stereocenters. The molecule has 0 bridgehead atoms. The molecule has 0 saturated heterocycles. The molecule has 0 aromatic heterocycles. The van der Waals surface area contributed by atoms with Crippen molar-refractivity contribution in [3.05, 3.63) is 53.6 Å². The van der Waals surface area contributed by atoms with E-state index in [1.807, 2.05) is 30.3 Å². The molecule has 0 atom stereocenters. The molecule has 0 amide bonds. The van der Waals surface area contributed by atoms with Gasteiger partial charge in [-0.3, -0.25) is 0 Å². The van der Waals surface area contributed by atoms with Gasteiger partial charge in [0.1, 0.15) is 30.5 Å². The van der Waals surface area contributed by atoms with Gasteiger partial charge in [-0.2, -0.15) is 0 Å². The van der Waals surface area contributed by atoms with Crippen molar-refractivity contribution in [3.63, 3.8) is 0 Å². The van der Waals surface area contributed by atoms with Crippen molar-refractivity contribution in [1.29, 1.82) is 0 Å². The Labute approximate surface area is 144 Å². The molecule has 130 valence electrons. The first kappa shape index (κ1) is 18.1. The molecule has 4 nitrogen and oxygen atoms in total. The van der Waals surface area contributed by atoms with Gasteiger partial charge in [0, 0.05) is 6.07 Å². The molecule has 2 N–H and O–H groups in total. The molecular formula is C20H27NO3. The number of rotatable bonds is 10. The van der Waals surface area contributed by atoms with Gasteiger partial charge in [0.2, 0.25) is 0 Å². The second-order valence-corrected chi connectivity index (χ2v) is 5.60. The molecular weight excluding hydrogens is 302 g/mol. The van der Waals surface area contributed by atoms with E-state index in [1.165, 1.54) is 5.56 Å². The summed E-state index contributed by atoms with van der Waals surface area (Å²) < 4.78 is 16.8. The summed E-state index contributed by atoms with van der Waals surface area (Å²) in [6.07, 6.45) is 3.03. The fourth-order valence-electron chi connectivity index (χ4n) is 2.51. The van der Waals surface area contributed by atoms with E-state index in [4.69, 9.17) is 19.9 Å². The Morgan fingerprint density at radius 2 is 1.58 bits per heavy atom. The van der Waals surface area contributed by atoms with Gasteiger partial charge < -0.3 is 19.9 Å². The van der Waals surface area contributed by atoms with Crippen molar-refractivity contribution in [2.75, 3.05) is 26.9 Å². The standard InChI is InChI=1S/C20H27NO3/c1-3-4-16-5-8-18(9-6-16)23-13-14-24-20-15-19(22-2)10-7-17(20)11-12-21/h5-10,15H,3-4,11-14,21H2,1-2H3. The van der Waals surface area contributed by atoms with Crippen LogP contribution in [0, 0.1) is 0 Å². The quantitative estimate of drug-likeness (QED) is 0.677. The number of methoxy groups -OCH3 is 1. The highest BCUT2D eigenvalue weighted by atomic mass is 16.5. The monoisotopic (exact) mass is 329 g/mol. The summed E-state index contributed by atoms with van der Waals surface area (Å²) in [5.41, 5.74) is 8.08. The van der Waals surface area contributed by atoms with E-state index in [0.717, 1.165) is 42.1 Å². The number of hydrogen-bond donors (Lipinski definition) is 1. The van der Waals surface area contributed by atoms with E-state index in [1.54, 1.807) is 7.11 Å².